The van der Waals surface area contributed by atoms with Crippen LogP contribution in [0, 0.1) is 5.41 Å². The zero-order valence-electron chi connectivity index (χ0n) is 19.8. The monoisotopic (exact) mass is 443 g/mol. The summed E-state index contributed by atoms with van der Waals surface area (Å²) in [6.45, 7) is 2.54. The van der Waals surface area contributed by atoms with E-state index >= 15 is 0 Å². The number of methoxy groups -OCH3 is 1. The molecule has 1 aliphatic heterocycles. The van der Waals surface area contributed by atoms with Crippen LogP contribution in [0.2, 0.25) is 0 Å². The first-order chi connectivity index (χ1) is 16.0. The number of piperidine rings is 1. The number of carbonyl (C=O) groups is 1. The predicted molar refractivity (Wildman–Crippen MR) is 132 cm³/mol. The number of benzene rings is 2. The summed E-state index contributed by atoms with van der Waals surface area (Å²) in [6.07, 6.45) is 6.26. The largest absolute Gasteiger partial charge is 0.497 e. The molecule has 3 aromatic rings. The van der Waals surface area contributed by atoms with Crippen LogP contribution >= 0.6 is 0 Å². The van der Waals surface area contributed by atoms with Crippen molar-refractivity contribution in [3.05, 3.63) is 84.2 Å². The van der Waals surface area contributed by atoms with Crippen LogP contribution in [0.25, 0.3) is 11.1 Å². The number of aromatic nitrogens is 1. The summed E-state index contributed by atoms with van der Waals surface area (Å²) in [7, 11) is 5.45. The predicted octanol–water partition coefficient (Wildman–Crippen LogP) is 4.67. The first-order valence-corrected chi connectivity index (χ1v) is 11.6. The van der Waals surface area contributed by atoms with Gasteiger partial charge in [0, 0.05) is 39.6 Å². The number of ether oxygens (including phenoxy) is 1. The van der Waals surface area contributed by atoms with Gasteiger partial charge < -0.3 is 9.64 Å². The van der Waals surface area contributed by atoms with Gasteiger partial charge in [-0.2, -0.15) is 0 Å². The third kappa shape index (κ3) is 5.25. The molecule has 1 atom stereocenters. The SMILES string of the molecule is COc1cccc(CN2CCCC(Cc3ccccc3-c3ccncc3)(C(=O)N(C)C)C2)c1. The Kier molecular flexibility index (Phi) is 7.09. The molecule has 1 amide bonds. The van der Waals surface area contributed by atoms with E-state index in [2.05, 4.69) is 46.3 Å². The van der Waals surface area contributed by atoms with Gasteiger partial charge >= 0.3 is 0 Å². The lowest BCUT2D eigenvalue weighted by atomic mass is 9.73. The molecule has 5 heteroatoms. The number of amides is 1. The maximum absolute atomic E-state index is 13.6. The maximum Gasteiger partial charge on any atom is 0.229 e. The Bertz CT molecular complexity index is 1080. The van der Waals surface area contributed by atoms with Crippen LogP contribution in [-0.4, -0.2) is 55.0 Å². The van der Waals surface area contributed by atoms with E-state index < -0.39 is 5.41 Å². The summed E-state index contributed by atoms with van der Waals surface area (Å²) in [5.74, 6) is 1.08. The van der Waals surface area contributed by atoms with Gasteiger partial charge in [0.2, 0.25) is 5.91 Å². The average Bonchev–Trinajstić information content (AvgIpc) is 2.84. The van der Waals surface area contributed by atoms with Gasteiger partial charge in [-0.3, -0.25) is 14.7 Å². The van der Waals surface area contributed by atoms with Crippen molar-refractivity contribution < 1.29 is 9.53 Å². The van der Waals surface area contributed by atoms with Crippen molar-refractivity contribution >= 4 is 5.91 Å². The quantitative estimate of drug-likeness (QED) is 0.532. The lowest BCUT2D eigenvalue weighted by molar-refractivity contribution is -0.143. The molecule has 4 rings (SSSR count). The molecular formula is C28H33N3O2. The van der Waals surface area contributed by atoms with Crippen LogP contribution in [0.4, 0.5) is 0 Å². The van der Waals surface area contributed by atoms with Gasteiger partial charge in [-0.05, 0) is 72.3 Å². The van der Waals surface area contributed by atoms with Crippen LogP contribution in [0.3, 0.4) is 0 Å². The Balaban J connectivity index is 1.64. The Labute approximate surface area is 197 Å². The van der Waals surface area contributed by atoms with Gasteiger partial charge in [-0.15, -0.1) is 0 Å². The lowest BCUT2D eigenvalue weighted by Gasteiger charge is -2.43. The Morgan fingerprint density at radius 1 is 1.09 bits per heavy atom. The van der Waals surface area contributed by atoms with E-state index in [-0.39, 0.29) is 5.91 Å². The zero-order chi connectivity index (χ0) is 23.3. The van der Waals surface area contributed by atoms with Gasteiger partial charge in [0.1, 0.15) is 5.75 Å². The van der Waals surface area contributed by atoms with E-state index in [0.29, 0.717) is 0 Å². The van der Waals surface area contributed by atoms with Crippen molar-refractivity contribution in [2.45, 2.75) is 25.8 Å². The van der Waals surface area contributed by atoms with E-state index in [9.17, 15) is 4.79 Å². The molecule has 1 saturated heterocycles. The van der Waals surface area contributed by atoms with Gasteiger partial charge in [0.15, 0.2) is 0 Å². The first kappa shape index (κ1) is 23.0. The molecule has 1 unspecified atom stereocenters. The van der Waals surface area contributed by atoms with Gasteiger partial charge in [-0.1, -0.05) is 36.4 Å². The highest BCUT2D eigenvalue weighted by atomic mass is 16.5. The van der Waals surface area contributed by atoms with Gasteiger partial charge in [-0.25, -0.2) is 0 Å². The van der Waals surface area contributed by atoms with Crippen molar-refractivity contribution in [1.82, 2.24) is 14.8 Å². The molecule has 0 spiro atoms. The topological polar surface area (TPSA) is 45.7 Å². The normalized spacial score (nSPS) is 18.6. The minimum atomic E-state index is -0.455. The molecule has 2 aromatic carbocycles. The number of pyridine rings is 1. The number of hydrogen-bond donors (Lipinski definition) is 0. The second kappa shape index (κ2) is 10.2. The molecule has 0 bridgehead atoms. The number of nitrogens with zero attached hydrogens (tertiary/aromatic N) is 3. The third-order valence-electron chi connectivity index (χ3n) is 6.59. The highest BCUT2D eigenvalue weighted by molar-refractivity contribution is 5.83. The first-order valence-electron chi connectivity index (χ1n) is 11.6. The molecule has 1 aliphatic rings. The summed E-state index contributed by atoms with van der Waals surface area (Å²) < 4.78 is 5.41. The molecule has 33 heavy (non-hydrogen) atoms. The van der Waals surface area contributed by atoms with E-state index in [1.807, 2.05) is 50.8 Å². The molecule has 0 radical (unpaired) electrons. The molecule has 172 valence electrons. The van der Waals surface area contributed by atoms with Crippen molar-refractivity contribution in [3.8, 4) is 16.9 Å². The summed E-state index contributed by atoms with van der Waals surface area (Å²) in [5.41, 5.74) is 4.28. The molecule has 1 fully saturated rings. The number of carbonyl (C=O) groups excluding carboxylic acids is 1. The molecule has 0 saturated carbocycles. The number of likely N-dealkylation sites (tertiary alicyclic amines) is 1. The molecule has 2 heterocycles. The fourth-order valence-electron chi connectivity index (χ4n) is 5.11. The second-order valence-electron chi connectivity index (χ2n) is 9.22. The summed E-state index contributed by atoms with van der Waals surface area (Å²) in [6, 6.07) is 20.7. The summed E-state index contributed by atoms with van der Waals surface area (Å²) in [5, 5.41) is 0. The van der Waals surface area contributed by atoms with Crippen LogP contribution in [0.5, 0.6) is 5.75 Å². The average molecular weight is 444 g/mol. The van der Waals surface area contributed by atoms with E-state index in [0.717, 1.165) is 50.2 Å². The summed E-state index contributed by atoms with van der Waals surface area (Å²) >= 11 is 0. The van der Waals surface area contributed by atoms with Crippen molar-refractivity contribution in [2.24, 2.45) is 5.41 Å². The third-order valence-corrected chi connectivity index (χ3v) is 6.59. The van der Waals surface area contributed by atoms with E-state index in [1.165, 1.54) is 16.7 Å². The minimum Gasteiger partial charge on any atom is -0.497 e. The molecule has 1 aromatic heterocycles. The second-order valence-corrected chi connectivity index (χ2v) is 9.22. The maximum atomic E-state index is 13.6. The fraction of sp³-hybridized carbons (Fsp3) is 0.357. The van der Waals surface area contributed by atoms with Crippen molar-refractivity contribution in [2.75, 3.05) is 34.3 Å². The molecule has 0 N–H and O–H groups in total. The highest BCUT2D eigenvalue weighted by Gasteiger charge is 2.43. The van der Waals surface area contributed by atoms with E-state index in [1.54, 1.807) is 12.0 Å². The smallest absolute Gasteiger partial charge is 0.229 e. The van der Waals surface area contributed by atoms with Gasteiger partial charge in [0.05, 0.1) is 12.5 Å². The van der Waals surface area contributed by atoms with Crippen LogP contribution in [0.15, 0.2) is 73.1 Å². The lowest BCUT2D eigenvalue weighted by Crippen LogP contribution is -2.52. The van der Waals surface area contributed by atoms with Gasteiger partial charge in [0.25, 0.3) is 0 Å². The zero-order valence-corrected chi connectivity index (χ0v) is 19.8. The summed E-state index contributed by atoms with van der Waals surface area (Å²) in [4.78, 5) is 22.0. The van der Waals surface area contributed by atoms with E-state index in [4.69, 9.17) is 4.74 Å². The number of hydrogen-bond acceptors (Lipinski definition) is 4. The molecule has 5 nitrogen and oxygen atoms in total. The minimum absolute atomic E-state index is 0.211. The Morgan fingerprint density at radius 3 is 2.64 bits per heavy atom. The van der Waals surface area contributed by atoms with Crippen LogP contribution in [-0.2, 0) is 17.8 Å². The highest BCUT2D eigenvalue weighted by Crippen LogP contribution is 2.38. The molecule has 0 aliphatic carbocycles. The van der Waals surface area contributed by atoms with Crippen LogP contribution in [0.1, 0.15) is 24.0 Å². The Morgan fingerprint density at radius 2 is 1.88 bits per heavy atom. The van der Waals surface area contributed by atoms with Crippen LogP contribution < -0.4 is 4.74 Å². The van der Waals surface area contributed by atoms with Crippen molar-refractivity contribution in [3.63, 3.8) is 0 Å². The molecular weight excluding hydrogens is 410 g/mol. The van der Waals surface area contributed by atoms with Crippen molar-refractivity contribution in [1.29, 1.82) is 0 Å². The standard InChI is InChI=1S/C28H33N3O2/c1-30(2)27(32)28(19-24-9-4-5-11-26(24)23-12-15-29-16-13-23)14-7-17-31(21-28)20-22-8-6-10-25(18-22)33-3/h4-6,8-13,15-16,18H,7,14,17,19-21H2,1-3H3. The fourth-order valence-corrected chi connectivity index (χ4v) is 5.11. The Hall–Kier alpha value is -3.18. The number of rotatable bonds is 7.